The van der Waals surface area contributed by atoms with Crippen molar-refractivity contribution in [3.63, 3.8) is 0 Å². The van der Waals surface area contributed by atoms with Crippen molar-refractivity contribution in [3.8, 4) is 6.07 Å². The fourth-order valence-electron chi connectivity index (χ4n) is 2.22. The summed E-state index contributed by atoms with van der Waals surface area (Å²) in [6, 6.07) is 6.61. The van der Waals surface area contributed by atoms with Crippen LogP contribution in [0.15, 0.2) is 18.2 Å². The van der Waals surface area contributed by atoms with Gasteiger partial charge in [0.15, 0.2) is 0 Å². The van der Waals surface area contributed by atoms with Crippen molar-refractivity contribution in [1.82, 2.24) is 0 Å². The predicted molar refractivity (Wildman–Crippen MR) is 66.1 cm³/mol. The van der Waals surface area contributed by atoms with E-state index in [0.717, 1.165) is 25.7 Å². The molecule has 1 aromatic rings. The molecule has 0 saturated heterocycles. The van der Waals surface area contributed by atoms with Gasteiger partial charge in [-0.2, -0.15) is 5.26 Å². The normalized spacial score (nSPS) is 23.6. The van der Waals surface area contributed by atoms with Gasteiger partial charge in [0, 0.05) is 11.6 Å². The van der Waals surface area contributed by atoms with Gasteiger partial charge < -0.3 is 10.5 Å². The summed E-state index contributed by atoms with van der Waals surface area (Å²) in [5, 5.41) is 8.77. The first kappa shape index (κ1) is 13.0. The standard InChI is InChI=1S/C14H17FN2O/c15-14-6-1-10(8-16)7-11(14)9-18-13-4-2-12(17)3-5-13/h1,6-7,12-13H,2-5,9,17H2. The zero-order chi connectivity index (χ0) is 13.0. The van der Waals surface area contributed by atoms with Crippen molar-refractivity contribution in [2.24, 2.45) is 5.73 Å². The molecule has 0 aromatic heterocycles. The smallest absolute Gasteiger partial charge is 0.128 e. The van der Waals surface area contributed by atoms with Gasteiger partial charge in [-0.05, 0) is 43.9 Å². The first-order valence-corrected chi connectivity index (χ1v) is 6.24. The maximum atomic E-state index is 13.5. The maximum Gasteiger partial charge on any atom is 0.128 e. The van der Waals surface area contributed by atoms with Crippen LogP contribution in [0.1, 0.15) is 36.8 Å². The molecule has 1 aromatic carbocycles. The first-order chi connectivity index (χ1) is 8.69. The Balaban J connectivity index is 1.92. The molecule has 0 heterocycles. The quantitative estimate of drug-likeness (QED) is 0.894. The number of benzene rings is 1. The zero-order valence-electron chi connectivity index (χ0n) is 10.2. The molecule has 1 saturated carbocycles. The van der Waals surface area contributed by atoms with Crippen molar-refractivity contribution < 1.29 is 9.13 Å². The number of rotatable bonds is 3. The summed E-state index contributed by atoms with van der Waals surface area (Å²) in [4.78, 5) is 0. The van der Waals surface area contributed by atoms with Crippen LogP contribution in [-0.4, -0.2) is 12.1 Å². The minimum absolute atomic E-state index is 0.162. The highest BCUT2D eigenvalue weighted by Gasteiger charge is 2.19. The summed E-state index contributed by atoms with van der Waals surface area (Å²) in [5.41, 5.74) is 6.72. The van der Waals surface area contributed by atoms with Crippen LogP contribution in [0.3, 0.4) is 0 Å². The van der Waals surface area contributed by atoms with Crippen LogP contribution in [0, 0.1) is 17.1 Å². The third kappa shape index (κ3) is 3.28. The molecular weight excluding hydrogens is 231 g/mol. The number of hydrogen-bond donors (Lipinski definition) is 1. The highest BCUT2D eigenvalue weighted by Crippen LogP contribution is 2.21. The SMILES string of the molecule is N#Cc1ccc(F)c(COC2CCC(N)CC2)c1. The van der Waals surface area contributed by atoms with Crippen molar-refractivity contribution in [3.05, 3.63) is 35.1 Å². The molecule has 3 nitrogen and oxygen atoms in total. The van der Waals surface area contributed by atoms with Crippen LogP contribution < -0.4 is 5.73 Å². The molecule has 96 valence electrons. The molecular formula is C14H17FN2O. The van der Waals surface area contributed by atoms with Gasteiger partial charge in [-0.1, -0.05) is 0 Å². The van der Waals surface area contributed by atoms with Gasteiger partial charge in [0.1, 0.15) is 5.82 Å². The summed E-state index contributed by atoms with van der Waals surface area (Å²) in [5.74, 6) is -0.318. The van der Waals surface area contributed by atoms with E-state index in [-0.39, 0.29) is 24.6 Å². The lowest BCUT2D eigenvalue weighted by molar-refractivity contribution is 0.0126. The molecule has 18 heavy (non-hydrogen) atoms. The highest BCUT2D eigenvalue weighted by molar-refractivity contribution is 5.33. The van der Waals surface area contributed by atoms with E-state index in [1.807, 2.05) is 6.07 Å². The van der Waals surface area contributed by atoms with E-state index in [4.69, 9.17) is 15.7 Å². The molecule has 0 radical (unpaired) electrons. The lowest BCUT2D eigenvalue weighted by Gasteiger charge is -2.26. The molecule has 1 aliphatic rings. The van der Waals surface area contributed by atoms with E-state index in [1.165, 1.54) is 12.1 Å². The second-order valence-corrected chi connectivity index (χ2v) is 4.77. The number of nitrogens with two attached hydrogens (primary N) is 1. The summed E-state index contributed by atoms with van der Waals surface area (Å²) in [7, 11) is 0. The van der Waals surface area contributed by atoms with Crippen molar-refractivity contribution in [2.45, 2.75) is 44.4 Å². The molecule has 2 rings (SSSR count). The molecule has 0 spiro atoms. The Hall–Kier alpha value is -1.44. The lowest BCUT2D eigenvalue weighted by atomic mass is 9.94. The largest absolute Gasteiger partial charge is 0.373 e. The van der Waals surface area contributed by atoms with E-state index in [1.54, 1.807) is 6.07 Å². The number of hydrogen-bond acceptors (Lipinski definition) is 3. The van der Waals surface area contributed by atoms with Gasteiger partial charge in [-0.25, -0.2) is 4.39 Å². The van der Waals surface area contributed by atoms with Crippen molar-refractivity contribution in [1.29, 1.82) is 5.26 Å². The van der Waals surface area contributed by atoms with E-state index >= 15 is 0 Å². The lowest BCUT2D eigenvalue weighted by Crippen LogP contribution is -2.30. The maximum absolute atomic E-state index is 13.5. The predicted octanol–water partition coefficient (Wildman–Crippen LogP) is 2.48. The Morgan fingerprint density at radius 1 is 1.33 bits per heavy atom. The average Bonchev–Trinajstić information content (AvgIpc) is 2.40. The molecule has 0 aliphatic heterocycles. The molecule has 0 unspecified atom stereocenters. The van der Waals surface area contributed by atoms with Crippen LogP contribution in [-0.2, 0) is 11.3 Å². The molecule has 2 N–H and O–H groups in total. The summed E-state index contributed by atoms with van der Waals surface area (Å²) in [6.07, 6.45) is 3.95. The first-order valence-electron chi connectivity index (χ1n) is 6.24. The molecule has 0 amide bonds. The van der Waals surface area contributed by atoms with Crippen LogP contribution in [0.4, 0.5) is 4.39 Å². The second-order valence-electron chi connectivity index (χ2n) is 4.77. The van der Waals surface area contributed by atoms with Gasteiger partial charge in [0.05, 0.1) is 24.3 Å². The number of nitriles is 1. The fraction of sp³-hybridized carbons (Fsp3) is 0.500. The van der Waals surface area contributed by atoms with Crippen LogP contribution >= 0.6 is 0 Å². The number of halogens is 1. The Bertz CT molecular complexity index is 448. The average molecular weight is 248 g/mol. The van der Waals surface area contributed by atoms with Crippen LogP contribution in [0.5, 0.6) is 0 Å². The molecule has 0 atom stereocenters. The monoisotopic (exact) mass is 248 g/mol. The van der Waals surface area contributed by atoms with Gasteiger partial charge in [0.2, 0.25) is 0 Å². The number of nitrogens with zero attached hydrogens (tertiary/aromatic N) is 1. The van der Waals surface area contributed by atoms with Crippen molar-refractivity contribution >= 4 is 0 Å². The zero-order valence-corrected chi connectivity index (χ0v) is 10.2. The van der Waals surface area contributed by atoms with Gasteiger partial charge in [0.25, 0.3) is 0 Å². The third-order valence-corrected chi connectivity index (χ3v) is 3.37. The second kappa shape index (κ2) is 5.94. The fourth-order valence-corrected chi connectivity index (χ4v) is 2.22. The summed E-state index contributed by atoms with van der Waals surface area (Å²) in [6.45, 7) is 0.223. The highest BCUT2D eigenvalue weighted by atomic mass is 19.1. The molecule has 1 aliphatic carbocycles. The molecule has 1 fully saturated rings. The van der Waals surface area contributed by atoms with E-state index in [2.05, 4.69) is 0 Å². The number of ether oxygens (including phenoxy) is 1. The van der Waals surface area contributed by atoms with E-state index in [0.29, 0.717) is 11.1 Å². The minimum atomic E-state index is -0.318. The Labute approximate surface area is 106 Å². The summed E-state index contributed by atoms with van der Waals surface area (Å²) < 4.78 is 19.2. The van der Waals surface area contributed by atoms with Gasteiger partial charge in [-0.15, -0.1) is 0 Å². The van der Waals surface area contributed by atoms with Gasteiger partial charge in [-0.3, -0.25) is 0 Å². The van der Waals surface area contributed by atoms with Gasteiger partial charge >= 0.3 is 0 Å². The van der Waals surface area contributed by atoms with E-state index < -0.39 is 0 Å². The Morgan fingerprint density at radius 2 is 2.06 bits per heavy atom. The third-order valence-electron chi connectivity index (χ3n) is 3.37. The minimum Gasteiger partial charge on any atom is -0.373 e. The Kier molecular flexibility index (Phi) is 4.29. The Morgan fingerprint density at radius 3 is 2.72 bits per heavy atom. The molecule has 4 heteroatoms. The van der Waals surface area contributed by atoms with Crippen LogP contribution in [0.25, 0.3) is 0 Å². The topological polar surface area (TPSA) is 59.0 Å². The van der Waals surface area contributed by atoms with Crippen LogP contribution in [0.2, 0.25) is 0 Å². The molecule has 0 bridgehead atoms. The summed E-state index contributed by atoms with van der Waals surface area (Å²) >= 11 is 0. The van der Waals surface area contributed by atoms with Crippen molar-refractivity contribution in [2.75, 3.05) is 0 Å². The van der Waals surface area contributed by atoms with E-state index in [9.17, 15) is 4.39 Å².